The fourth-order valence-corrected chi connectivity index (χ4v) is 11.4. The molecule has 9 heteroatoms. The highest BCUT2D eigenvalue weighted by atomic mass is 31.2. The van der Waals surface area contributed by atoms with Gasteiger partial charge in [0, 0.05) is 6.42 Å². The van der Waals surface area contributed by atoms with Crippen molar-refractivity contribution < 1.29 is 32.9 Å². The first-order valence-corrected chi connectivity index (χ1v) is 38.2. The van der Waals surface area contributed by atoms with Crippen LogP contribution < -0.4 is 5.32 Å². The lowest BCUT2D eigenvalue weighted by molar-refractivity contribution is -0.870. The van der Waals surface area contributed by atoms with Crippen molar-refractivity contribution in [2.45, 2.75) is 341 Å². The normalized spacial score (nSPS) is 14.2. The molecule has 504 valence electrons. The summed E-state index contributed by atoms with van der Waals surface area (Å²) in [6.45, 7) is 4.81. The number of aliphatic hydroxyl groups excluding tert-OH is 1. The maximum Gasteiger partial charge on any atom is 0.472 e. The van der Waals surface area contributed by atoms with Crippen molar-refractivity contribution in [1.82, 2.24) is 5.32 Å². The van der Waals surface area contributed by atoms with E-state index in [1.807, 2.05) is 21.1 Å². The second kappa shape index (κ2) is 67.6. The number of nitrogens with one attached hydrogen (secondary N) is 1. The number of carbonyl (C=O) groups excluding carboxylic acids is 1. The number of unbranched alkanes of at least 4 members (excludes halogenated alkanes) is 36. The quantitative estimate of drug-likeness (QED) is 0.0243. The molecular formula is C78H142N2O6P+. The largest absolute Gasteiger partial charge is 0.472 e. The van der Waals surface area contributed by atoms with Crippen molar-refractivity contribution in [2.24, 2.45) is 0 Å². The summed E-state index contributed by atoms with van der Waals surface area (Å²) >= 11 is 0. The molecule has 1 amide bonds. The second-order valence-corrected chi connectivity index (χ2v) is 27.4. The number of hydrogen-bond donors (Lipinski definition) is 3. The maximum absolute atomic E-state index is 13.1. The Balaban J connectivity index is 4.03. The molecule has 0 heterocycles. The highest BCUT2D eigenvalue weighted by Gasteiger charge is 2.28. The van der Waals surface area contributed by atoms with E-state index in [2.05, 4.69) is 129 Å². The van der Waals surface area contributed by atoms with Crippen molar-refractivity contribution in [2.75, 3.05) is 40.9 Å². The third-order valence-electron chi connectivity index (χ3n) is 16.3. The molecule has 3 N–H and O–H groups in total. The van der Waals surface area contributed by atoms with E-state index in [4.69, 9.17) is 9.05 Å². The minimum Gasteiger partial charge on any atom is -0.391 e. The van der Waals surface area contributed by atoms with E-state index < -0.39 is 20.0 Å². The van der Waals surface area contributed by atoms with Gasteiger partial charge in [-0.1, -0.05) is 348 Å². The van der Waals surface area contributed by atoms with Gasteiger partial charge in [0.25, 0.3) is 0 Å². The van der Waals surface area contributed by atoms with E-state index in [0.717, 1.165) is 96.3 Å². The molecular weight excluding hydrogens is 1090 g/mol. The number of aliphatic hydroxyl groups is 1. The van der Waals surface area contributed by atoms with Crippen LogP contribution in [0, 0.1) is 0 Å². The van der Waals surface area contributed by atoms with Crippen LogP contribution >= 0.6 is 7.82 Å². The monoisotopic (exact) mass is 1230 g/mol. The summed E-state index contributed by atoms with van der Waals surface area (Å²) < 4.78 is 23.9. The fraction of sp³-hybridized carbons (Fsp3) is 0.756. The molecule has 0 rings (SSSR count). The number of hydrogen-bond acceptors (Lipinski definition) is 5. The Hall–Kier alpha value is -2.84. The molecule has 8 nitrogen and oxygen atoms in total. The van der Waals surface area contributed by atoms with Gasteiger partial charge in [-0.05, 0) is 83.5 Å². The Morgan fingerprint density at radius 3 is 1.01 bits per heavy atom. The first kappa shape index (κ1) is 84.2. The smallest absolute Gasteiger partial charge is 0.391 e. The van der Waals surface area contributed by atoms with Gasteiger partial charge in [-0.3, -0.25) is 13.8 Å². The number of carbonyl (C=O) groups is 1. The van der Waals surface area contributed by atoms with Gasteiger partial charge in [0.15, 0.2) is 0 Å². The molecule has 3 atom stereocenters. The predicted octanol–water partition coefficient (Wildman–Crippen LogP) is 23.8. The summed E-state index contributed by atoms with van der Waals surface area (Å²) in [4.78, 5) is 23.5. The summed E-state index contributed by atoms with van der Waals surface area (Å²) in [5.74, 6) is -0.145. The Morgan fingerprint density at radius 2 is 0.690 bits per heavy atom. The molecule has 0 bridgehead atoms. The Kier molecular flexibility index (Phi) is 65.3. The molecule has 0 spiro atoms. The SMILES string of the molecule is CC/C=C\C/C=C\C/C=C\C/C=C\C/C=C\C/C=C\C/C=C\C/C=C\C/C=C\CCCCCCCCCCCCCCCC(=O)NC(COP(=O)(O)OCC[N+](C)(C)C)C(O)CCCCCCCCCCCCCCCCCCCCCCCCCC. The van der Waals surface area contributed by atoms with E-state index in [0.29, 0.717) is 23.9 Å². The molecule has 3 unspecified atom stereocenters. The third-order valence-corrected chi connectivity index (χ3v) is 17.3. The van der Waals surface area contributed by atoms with Crippen molar-refractivity contribution >= 4 is 13.7 Å². The lowest BCUT2D eigenvalue weighted by Gasteiger charge is -2.26. The average Bonchev–Trinajstić information content (AvgIpc) is 3.71. The van der Waals surface area contributed by atoms with E-state index in [9.17, 15) is 19.4 Å². The molecule has 0 aromatic heterocycles. The summed E-state index contributed by atoms with van der Waals surface area (Å²) in [6, 6.07) is -0.768. The number of phosphoric acid groups is 1. The zero-order valence-electron chi connectivity index (χ0n) is 57.7. The summed E-state index contributed by atoms with van der Waals surface area (Å²) in [6.07, 6.45) is 99.1. The minimum atomic E-state index is -4.34. The van der Waals surface area contributed by atoms with Gasteiger partial charge in [0.1, 0.15) is 13.2 Å². The van der Waals surface area contributed by atoms with Gasteiger partial charge in [0.05, 0.1) is 39.9 Å². The maximum atomic E-state index is 13.1. The molecule has 0 aliphatic heterocycles. The van der Waals surface area contributed by atoms with E-state index in [-0.39, 0.29) is 19.1 Å². The molecule has 0 aromatic carbocycles. The van der Waals surface area contributed by atoms with Gasteiger partial charge in [-0.15, -0.1) is 0 Å². The number of quaternary nitrogens is 1. The van der Waals surface area contributed by atoms with Crippen molar-refractivity contribution in [3.8, 4) is 0 Å². The molecule has 0 radical (unpaired) electrons. The van der Waals surface area contributed by atoms with Crippen LogP contribution in [0.2, 0.25) is 0 Å². The number of amides is 1. The highest BCUT2D eigenvalue weighted by Crippen LogP contribution is 2.43. The second-order valence-electron chi connectivity index (χ2n) is 25.9. The van der Waals surface area contributed by atoms with Crippen LogP contribution in [0.1, 0.15) is 328 Å². The Morgan fingerprint density at radius 1 is 0.402 bits per heavy atom. The van der Waals surface area contributed by atoms with Crippen LogP contribution in [0.25, 0.3) is 0 Å². The zero-order chi connectivity index (χ0) is 63.4. The number of rotatable bonds is 67. The van der Waals surface area contributed by atoms with Gasteiger partial charge in [-0.2, -0.15) is 0 Å². The topological polar surface area (TPSA) is 105 Å². The van der Waals surface area contributed by atoms with Crippen LogP contribution in [0.5, 0.6) is 0 Å². The lowest BCUT2D eigenvalue weighted by atomic mass is 10.0. The lowest BCUT2D eigenvalue weighted by Crippen LogP contribution is -2.46. The molecule has 0 aliphatic rings. The molecule has 0 fully saturated rings. The van der Waals surface area contributed by atoms with Crippen molar-refractivity contribution in [1.29, 1.82) is 0 Å². The molecule has 0 saturated carbocycles. The summed E-state index contributed by atoms with van der Waals surface area (Å²) in [7, 11) is 1.62. The number of likely N-dealkylation sites (N-methyl/N-ethyl adjacent to an activating group) is 1. The number of allylic oxidation sites excluding steroid dienone is 18. The molecule has 87 heavy (non-hydrogen) atoms. The number of phosphoric ester groups is 1. The van der Waals surface area contributed by atoms with Gasteiger partial charge < -0.3 is 19.8 Å². The highest BCUT2D eigenvalue weighted by molar-refractivity contribution is 7.47. The Labute approximate surface area is 540 Å². The minimum absolute atomic E-state index is 0.0718. The molecule has 0 aliphatic carbocycles. The van der Waals surface area contributed by atoms with Crippen LogP contribution in [-0.2, 0) is 18.4 Å². The van der Waals surface area contributed by atoms with Crippen LogP contribution in [0.3, 0.4) is 0 Å². The van der Waals surface area contributed by atoms with E-state index in [1.165, 1.54) is 205 Å². The van der Waals surface area contributed by atoms with Crippen molar-refractivity contribution in [3.05, 3.63) is 109 Å². The fourth-order valence-electron chi connectivity index (χ4n) is 10.6. The molecule has 0 saturated heterocycles. The van der Waals surface area contributed by atoms with Crippen LogP contribution in [0.15, 0.2) is 109 Å². The van der Waals surface area contributed by atoms with Gasteiger partial charge in [-0.25, -0.2) is 4.57 Å². The van der Waals surface area contributed by atoms with Gasteiger partial charge in [0.2, 0.25) is 5.91 Å². The number of nitrogens with zero attached hydrogens (tertiary/aromatic N) is 1. The average molecular weight is 1230 g/mol. The summed E-state index contributed by atoms with van der Waals surface area (Å²) in [5.41, 5.74) is 0. The van der Waals surface area contributed by atoms with Crippen LogP contribution in [0.4, 0.5) is 0 Å². The zero-order valence-corrected chi connectivity index (χ0v) is 58.6. The molecule has 0 aromatic rings. The van der Waals surface area contributed by atoms with E-state index >= 15 is 0 Å². The predicted molar refractivity (Wildman–Crippen MR) is 382 cm³/mol. The first-order chi connectivity index (χ1) is 42.5. The standard InChI is InChI=1S/C78H141N2O6P/c1-6-8-10-12-14-16-18-20-22-24-26-28-30-32-33-34-35-36-37-38-39-40-41-42-43-44-45-46-47-48-50-52-54-56-58-60-62-64-66-68-70-72-78(82)79-76(75-86-87(83,84)85-74-73-80(3,4)5)77(81)71-69-67-65-63-61-59-57-55-53-51-49-31-29-27-25-23-21-19-17-15-13-11-9-7-2/h8,10,14,16,20,22,26,28,32-33,35-36,38-39,41-42,44-45,76-77,81H,6-7,9,11-13,15,17-19,21,23-25,27,29-31,34,37,40,43,46-75H2,1-5H3,(H-,79,82,83,84)/p+1/b10-8-,16-14-,22-20-,28-26-,33-32-,36-35-,39-38-,42-41-,45-44-. The van der Waals surface area contributed by atoms with Crippen molar-refractivity contribution in [3.63, 3.8) is 0 Å². The van der Waals surface area contributed by atoms with Crippen LogP contribution in [-0.4, -0.2) is 73.4 Å². The first-order valence-electron chi connectivity index (χ1n) is 36.8. The van der Waals surface area contributed by atoms with E-state index in [1.54, 1.807) is 0 Å². The third kappa shape index (κ3) is 70.5. The summed E-state index contributed by atoms with van der Waals surface area (Å²) in [5, 5.41) is 14.2. The Bertz CT molecular complexity index is 1790. The van der Waals surface area contributed by atoms with Gasteiger partial charge >= 0.3 is 7.82 Å².